The lowest BCUT2D eigenvalue weighted by molar-refractivity contribution is -0.116. The summed E-state index contributed by atoms with van der Waals surface area (Å²) in [7, 11) is 0. The second-order valence-electron chi connectivity index (χ2n) is 7.76. The number of aromatic nitrogens is 2. The number of hydrogen-bond donors (Lipinski definition) is 0. The van der Waals surface area contributed by atoms with Gasteiger partial charge in [-0.1, -0.05) is 42.1 Å². The monoisotopic (exact) mass is 445 g/mol. The molecule has 1 amide bonds. The normalized spacial score (nSPS) is 15.2. The Kier molecular flexibility index (Phi) is 5.27. The van der Waals surface area contributed by atoms with E-state index >= 15 is 0 Å². The number of thioether (sulfide) groups is 1. The highest BCUT2D eigenvalue weighted by Gasteiger charge is 2.30. The lowest BCUT2D eigenvalue weighted by Gasteiger charge is -2.22. The highest BCUT2D eigenvalue weighted by atomic mass is 32.2. The summed E-state index contributed by atoms with van der Waals surface area (Å²) in [6.45, 7) is 2.03. The van der Waals surface area contributed by atoms with Gasteiger partial charge in [0.25, 0.3) is 5.56 Å². The molecular weight excluding hydrogens is 425 g/mol. The van der Waals surface area contributed by atoms with Crippen LogP contribution in [0.15, 0.2) is 82.7 Å². The molecule has 0 bridgehead atoms. The fourth-order valence-corrected chi connectivity index (χ4v) is 5.04. The first-order valence-corrected chi connectivity index (χ1v) is 11.3. The van der Waals surface area contributed by atoms with E-state index in [0.29, 0.717) is 21.7 Å². The molecule has 0 aliphatic carbocycles. The van der Waals surface area contributed by atoms with Crippen LogP contribution in [0.1, 0.15) is 12.5 Å². The molecule has 1 aromatic heterocycles. The van der Waals surface area contributed by atoms with E-state index in [-0.39, 0.29) is 29.1 Å². The fourth-order valence-electron chi connectivity index (χ4n) is 4.17. The van der Waals surface area contributed by atoms with E-state index in [2.05, 4.69) is 4.98 Å². The fraction of sp³-hybridized carbons (Fsp3) is 0.160. The highest BCUT2D eigenvalue weighted by Crippen LogP contribution is 2.33. The third-order valence-corrected chi connectivity index (χ3v) is 6.55. The highest BCUT2D eigenvalue weighted by molar-refractivity contribution is 7.99. The number of carbonyl (C=O) groups is 1. The van der Waals surface area contributed by atoms with Crippen molar-refractivity contribution in [1.29, 1.82) is 0 Å². The summed E-state index contributed by atoms with van der Waals surface area (Å²) in [6, 6.07) is 20.8. The van der Waals surface area contributed by atoms with E-state index in [1.54, 1.807) is 18.2 Å². The Morgan fingerprint density at radius 3 is 2.59 bits per heavy atom. The van der Waals surface area contributed by atoms with Gasteiger partial charge in [-0.05, 0) is 61.4 Å². The SMILES string of the molecule is CC1Cc2ccccc2N1C(=O)CSc1nc2ccccc2c(=O)n1-c1ccc(F)cc1. The van der Waals surface area contributed by atoms with E-state index in [1.165, 1.54) is 40.6 Å². The zero-order valence-corrected chi connectivity index (χ0v) is 18.2. The standard InChI is InChI=1S/C25H20FN3O2S/c1-16-14-17-6-2-5-9-22(17)28(16)23(30)15-32-25-27-21-8-4-3-7-20(21)24(31)29(25)19-12-10-18(26)11-13-19/h2-13,16H,14-15H2,1H3. The van der Waals surface area contributed by atoms with Gasteiger partial charge in [-0.2, -0.15) is 0 Å². The summed E-state index contributed by atoms with van der Waals surface area (Å²) in [4.78, 5) is 32.9. The van der Waals surface area contributed by atoms with E-state index < -0.39 is 0 Å². The molecule has 2 heterocycles. The van der Waals surface area contributed by atoms with Gasteiger partial charge in [-0.25, -0.2) is 9.37 Å². The van der Waals surface area contributed by atoms with Gasteiger partial charge in [-0.3, -0.25) is 14.2 Å². The Balaban J connectivity index is 1.51. The first-order chi connectivity index (χ1) is 15.5. The van der Waals surface area contributed by atoms with Crippen molar-refractivity contribution in [3.8, 4) is 5.69 Å². The minimum absolute atomic E-state index is 0.0412. The quantitative estimate of drug-likeness (QED) is 0.340. The number of rotatable bonds is 4. The lowest BCUT2D eigenvalue weighted by Crippen LogP contribution is -2.37. The van der Waals surface area contributed by atoms with Gasteiger partial charge in [0.15, 0.2) is 5.16 Å². The smallest absolute Gasteiger partial charge is 0.266 e. The van der Waals surface area contributed by atoms with Gasteiger partial charge in [0.05, 0.1) is 22.3 Å². The summed E-state index contributed by atoms with van der Waals surface area (Å²) in [5.41, 5.74) is 2.91. The van der Waals surface area contributed by atoms with Crippen LogP contribution >= 0.6 is 11.8 Å². The number of amides is 1. The van der Waals surface area contributed by atoms with Crippen molar-refractivity contribution in [3.63, 3.8) is 0 Å². The maximum atomic E-state index is 13.5. The van der Waals surface area contributed by atoms with Crippen molar-refractivity contribution in [2.45, 2.75) is 24.5 Å². The van der Waals surface area contributed by atoms with Crippen LogP contribution in [0.2, 0.25) is 0 Å². The first kappa shape index (κ1) is 20.5. The molecule has 1 unspecified atom stereocenters. The number of halogens is 1. The minimum atomic E-state index is -0.387. The number of anilines is 1. The molecule has 1 aliphatic rings. The summed E-state index contributed by atoms with van der Waals surface area (Å²) >= 11 is 1.21. The molecule has 0 saturated heterocycles. The third-order valence-electron chi connectivity index (χ3n) is 5.63. The van der Waals surface area contributed by atoms with Crippen molar-refractivity contribution >= 4 is 34.3 Å². The van der Waals surface area contributed by atoms with E-state index in [9.17, 15) is 14.0 Å². The average molecular weight is 446 g/mol. The number of fused-ring (bicyclic) bond motifs is 2. The van der Waals surface area contributed by atoms with Gasteiger partial charge >= 0.3 is 0 Å². The van der Waals surface area contributed by atoms with Crippen LogP contribution in [-0.2, 0) is 11.2 Å². The number of hydrogen-bond acceptors (Lipinski definition) is 4. The minimum Gasteiger partial charge on any atom is -0.308 e. The van der Waals surface area contributed by atoms with Crippen LogP contribution < -0.4 is 10.5 Å². The van der Waals surface area contributed by atoms with Crippen LogP contribution in [0.25, 0.3) is 16.6 Å². The van der Waals surface area contributed by atoms with Crippen molar-refractivity contribution in [2.24, 2.45) is 0 Å². The van der Waals surface area contributed by atoms with Crippen LogP contribution in [0, 0.1) is 5.82 Å². The molecule has 5 nitrogen and oxygen atoms in total. The van der Waals surface area contributed by atoms with Crippen molar-refractivity contribution in [2.75, 3.05) is 10.7 Å². The van der Waals surface area contributed by atoms with Gasteiger partial charge < -0.3 is 4.90 Å². The molecule has 32 heavy (non-hydrogen) atoms. The van der Waals surface area contributed by atoms with Gasteiger partial charge in [0, 0.05) is 11.7 Å². The molecule has 0 fully saturated rings. The predicted octanol–water partition coefficient (Wildman–Crippen LogP) is 4.59. The van der Waals surface area contributed by atoms with Crippen molar-refractivity contribution in [1.82, 2.24) is 9.55 Å². The molecule has 0 spiro atoms. The van der Waals surface area contributed by atoms with Crippen LogP contribution in [-0.4, -0.2) is 27.3 Å². The average Bonchev–Trinajstić information content (AvgIpc) is 3.14. The van der Waals surface area contributed by atoms with Crippen LogP contribution in [0.5, 0.6) is 0 Å². The number of nitrogens with zero attached hydrogens (tertiary/aromatic N) is 3. The number of benzene rings is 3. The second kappa shape index (κ2) is 8.24. The topological polar surface area (TPSA) is 55.2 Å². The van der Waals surface area contributed by atoms with Crippen LogP contribution in [0.3, 0.4) is 0 Å². The second-order valence-corrected chi connectivity index (χ2v) is 8.71. The molecule has 0 saturated carbocycles. The largest absolute Gasteiger partial charge is 0.308 e. The Morgan fingerprint density at radius 2 is 1.78 bits per heavy atom. The molecule has 1 atom stereocenters. The molecule has 3 aromatic carbocycles. The maximum absolute atomic E-state index is 13.5. The molecule has 1 aliphatic heterocycles. The molecule has 160 valence electrons. The summed E-state index contributed by atoms with van der Waals surface area (Å²) in [5.74, 6) is -0.299. The third kappa shape index (κ3) is 3.58. The van der Waals surface area contributed by atoms with Crippen molar-refractivity contribution < 1.29 is 9.18 Å². The summed E-state index contributed by atoms with van der Waals surface area (Å²) in [6.07, 6.45) is 0.821. The molecule has 5 rings (SSSR count). The maximum Gasteiger partial charge on any atom is 0.266 e. The number of para-hydroxylation sites is 2. The molecule has 0 N–H and O–H groups in total. The Labute approximate surface area is 188 Å². The molecule has 4 aromatic rings. The predicted molar refractivity (Wildman–Crippen MR) is 125 cm³/mol. The van der Waals surface area contributed by atoms with Gasteiger partial charge in [0.1, 0.15) is 5.82 Å². The van der Waals surface area contributed by atoms with Crippen molar-refractivity contribution in [3.05, 3.63) is 94.5 Å². The molecule has 7 heteroatoms. The van der Waals surface area contributed by atoms with Gasteiger partial charge in [0.2, 0.25) is 5.91 Å². The van der Waals surface area contributed by atoms with E-state index in [1.807, 2.05) is 42.2 Å². The first-order valence-electron chi connectivity index (χ1n) is 10.3. The van der Waals surface area contributed by atoms with Gasteiger partial charge in [-0.15, -0.1) is 0 Å². The molecular formula is C25H20FN3O2S. The zero-order valence-electron chi connectivity index (χ0n) is 17.4. The summed E-state index contributed by atoms with van der Waals surface area (Å²) in [5, 5.41) is 0.864. The van der Waals surface area contributed by atoms with Crippen LogP contribution in [0.4, 0.5) is 10.1 Å². The Morgan fingerprint density at radius 1 is 1.06 bits per heavy atom. The molecule has 0 radical (unpaired) electrons. The van der Waals surface area contributed by atoms with E-state index in [4.69, 9.17) is 0 Å². The van der Waals surface area contributed by atoms with E-state index in [0.717, 1.165) is 17.7 Å². The number of carbonyl (C=O) groups excluding carboxylic acids is 1. The Bertz CT molecular complexity index is 1380. The summed E-state index contributed by atoms with van der Waals surface area (Å²) < 4.78 is 14.9. The lowest BCUT2D eigenvalue weighted by atomic mass is 10.1. The Hall–Kier alpha value is -3.45. The zero-order chi connectivity index (χ0) is 22.2.